The van der Waals surface area contributed by atoms with E-state index in [-0.39, 0.29) is 11.9 Å². The van der Waals surface area contributed by atoms with E-state index in [2.05, 4.69) is 17.1 Å². The highest BCUT2D eigenvalue weighted by Gasteiger charge is 2.24. The number of nitrogens with two attached hydrogens (primary N) is 1. The van der Waals surface area contributed by atoms with Crippen LogP contribution in [0.4, 0.5) is 0 Å². The van der Waals surface area contributed by atoms with Crippen LogP contribution in [0.5, 0.6) is 0 Å². The lowest BCUT2D eigenvalue weighted by Crippen LogP contribution is -2.39. The second-order valence-electron chi connectivity index (χ2n) is 6.83. The summed E-state index contributed by atoms with van der Waals surface area (Å²) in [5, 5.41) is 3.10. The Hall–Kier alpha value is -0.610. The SMILES string of the molecule is CC(CNC(=O)CC1CCCCC1N)CN1CCCC1. The van der Waals surface area contributed by atoms with Gasteiger partial charge in [-0.05, 0) is 50.6 Å². The molecule has 0 spiro atoms. The quantitative estimate of drug-likeness (QED) is 0.780. The van der Waals surface area contributed by atoms with Crippen LogP contribution < -0.4 is 11.1 Å². The Morgan fingerprint density at radius 2 is 1.95 bits per heavy atom. The molecular formula is C16H31N3O. The molecule has 1 saturated heterocycles. The third kappa shape index (κ3) is 5.06. The van der Waals surface area contributed by atoms with Gasteiger partial charge in [0.15, 0.2) is 0 Å². The van der Waals surface area contributed by atoms with Crippen molar-refractivity contribution in [2.75, 3.05) is 26.2 Å². The first kappa shape index (κ1) is 15.8. The number of hydrogen-bond acceptors (Lipinski definition) is 3. The van der Waals surface area contributed by atoms with Crippen LogP contribution in [0, 0.1) is 11.8 Å². The molecule has 2 rings (SSSR count). The van der Waals surface area contributed by atoms with Gasteiger partial charge in [-0.25, -0.2) is 0 Å². The fourth-order valence-electron chi connectivity index (χ4n) is 3.56. The topological polar surface area (TPSA) is 58.4 Å². The third-order valence-corrected chi connectivity index (χ3v) is 4.83. The van der Waals surface area contributed by atoms with E-state index in [1.54, 1.807) is 0 Å². The van der Waals surface area contributed by atoms with Crippen molar-refractivity contribution in [2.24, 2.45) is 17.6 Å². The molecule has 4 heteroatoms. The molecule has 2 fully saturated rings. The molecule has 3 N–H and O–H groups in total. The summed E-state index contributed by atoms with van der Waals surface area (Å²) in [6, 6.07) is 0.233. The average Bonchev–Trinajstić information content (AvgIpc) is 2.92. The van der Waals surface area contributed by atoms with E-state index in [1.807, 2.05) is 0 Å². The van der Waals surface area contributed by atoms with Crippen LogP contribution in [-0.4, -0.2) is 43.0 Å². The van der Waals surface area contributed by atoms with Crippen LogP contribution in [0.15, 0.2) is 0 Å². The van der Waals surface area contributed by atoms with Crippen LogP contribution in [0.3, 0.4) is 0 Å². The molecule has 1 amide bonds. The zero-order chi connectivity index (χ0) is 14.4. The van der Waals surface area contributed by atoms with Crippen molar-refractivity contribution in [2.45, 2.75) is 57.9 Å². The number of carbonyl (C=O) groups excluding carboxylic acids is 1. The highest BCUT2D eigenvalue weighted by atomic mass is 16.1. The summed E-state index contributed by atoms with van der Waals surface area (Å²) in [6.45, 7) is 6.61. The predicted octanol–water partition coefficient (Wildman–Crippen LogP) is 1.74. The molecule has 0 aromatic rings. The summed E-state index contributed by atoms with van der Waals surface area (Å²) in [5.41, 5.74) is 6.11. The van der Waals surface area contributed by atoms with E-state index in [0.717, 1.165) is 25.9 Å². The molecule has 0 bridgehead atoms. The van der Waals surface area contributed by atoms with Crippen LogP contribution in [0.25, 0.3) is 0 Å². The molecule has 2 aliphatic rings. The lowest BCUT2D eigenvalue weighted by Gasteiger charge is -2.28. The molecular weight excluding hydrogens is 250 g/mol. The summed E-state index contributed by atoms with van der Waals surface area (Å²) in [5.74, 6) is 1.13. The van der Waals surface area contributed by atoms with Crippen molar-refractivity contribution in [1.82, 2.24) is 10.2 Å². The van der Waals surface area contributed by atoms with Gasteiger partial charge in [-0.1, -0.05) is 19.8 Å². The van der Waals surface area contributed by atoms with Gasteiger partial charge in [-0.15, -0.1) is 0 Å². The minimum Gasteiger partial charge on any atom is -0.356 e. The number of amides is 1. The predicted molar refractivity (Wildman–Crippen MR) is 82.4 cm³/mol. The van der Waals surface area contributed by atoms with Crippen molar-refractivity contribution < 1.29 is 4.79 Å². The maximum atomic E-state index is 12.0. The smallest absolute Gasteiger partial charge is 0.220 e. The van der Waals surface area contributed by atoms with E-state index < -0.39 is 0 Å². The van der Waals surface area contributed by atoms with Gasteiger partial charge in [0.1, 0.15) is 0 Å². The van der Waals surface area contributed by atoms with Crippen molar-refractivity contribution in [1.29, 1.82) is 0 Å². The molecule has 20 heavy (non-hydrogen) atoms. The van der Waals surface area contributed by atoms with E-state index in [0.29, 0.717) is 18.3 Å². The summed E-state index contributed by atoms with van der Waals surface area (Å²) in [6.07, 6.45) is 7.96. The molecule has 1 saturated carbocycles. The lowest BCUT2D eigenvalue weighted by molar-refractivity contribution is -0.122. The molecule has 0 aromatic heterocycles. The summed E-state index contributed by atoms with van der Waals surface area (Å²) in [4.78, 5) is 14.5. The van der Waals surface area contributed by atoms with Gasteiger partial charge < -0.3 is 16.0 Å². The third-order valence-electron chi connectivity index (χ3n) is 4.83. The Morgan fingerprint density at radius 1 is 1.25 bits per heavy atom. The highest BCUT2D eigenvalue weighted by molar-refractivity contribution is 5.76. The van der Waals surface area contributed by atoms with E-state index in [4.69, 9.17) is 5.73 Å². The minimum atomic E-state index is 0.195. The van der Waals surface area contributed by atoms with Crippen LogP contribution in [0.2, 0.25) is 0 Å². The number of nitrogens with one attached hydrogen (secondary N) is 1. The minimum absolute atomic E-state index is 0.195. The van der Waals surface area contributed by atoms with Crippen molar-refractivity contribution >= 4 is 5.91 Å². The Labute approximate surface area is 123 Å². The zero-order valence-corrected chi connectivity index (χ0v) is 12.9. The average molecular weight is 281 g/mol. The van der Waals surface area contributed by atoms with Crippen LogP contribution >= 0.6 is 0 Å². The van der Waals surface area contributed by atoms with E-state index in [1.165, 1.54) is 38.8 Å². The second-order valence-corrected chi connectivity index (χ2v) is 6.83. The standard InChI is InChI=1S/C16H31N3O/c1-13(12-19-8-4-5-9-19)11-18-16(20)10-14-6-2-3-7-15(14)17/h13-15H,2-12,17H2,1H3,(H,18,20). The maximum absolute atomic E-state index is 12.0. The lowest BCUT2D eigenvalue weighted by atomic mass is 9.83. The summed E-state index contributed by atoms with van der Waals surface area (Å²) in [7, 11) is 0. The van der Waals surface area contributed by atoms with Gasteiger partial charge in [-0.2, -0.15) is 0 Å². The van der Waals surface area contributed by atoms with Crippen molar-refractivity contribution in [3.63, 3.8) is 0 Å². The number of nitrogens with zero attached hydrogens (tertiary/aromatic N) is 1. The molecule has 1 heterocycles. The normalized spacial score (nSPS) is 29.3. The number of rotatable bonds is 6. The Kier molecular flexibility index (Phi) is 6.30. The maximum Gasteiger partial charge on any atom is 0.220 e. The monoisotopic (exact) mass is 281 g/mol. The van der Waals surface area contributed by atoms with Gasteiger partial charge >= 0.3 is 0 Å². The molecule has 0 aromatic carbocycles. The number of likely N-dealkylation sites (tertiary alicyclic amines) is 1. The molecule has 116 valence electrons. The van der Waals surface area contributed by atoms with Gasteiger partial charge in [0.2, 0.25) is 5.91 Å². The first-order chi connectivity index (χ1) is 9.65. The summed E-state index contributed by atoms with van der Waals surface area (Å²) >= 11 is 0. The summed E-state index contributed by atoms with van der Waals surface area (Å²) < 4.78 is 0. The first-order valence-electron chi connectivity index (χ1n) is 8.40. The molecule has 0 radical (unpaired) electrons. The number of hydrogen-bond donors (Lipinski definition) is 2. The first-order valence-corrected chi connectivity index (χ1v) is 8.40. The van der Waals surface area contributed by atoms with E-state index >= 15 is 0 Å². The molecule has 1 aliphatic heterocycles. The van der Waals surface area contributed by atoms with Gasteiger partial charge in [0.25, 0.3) is 0 Å². The fourth-order valence-corrected chi connectivity index (χ4v) is 3.56. The van der Waals surface area contributed by atoms with Gasteiger partial charge in [-0.3, -0.25) is 4.79 Å². The van der Waals surface area contributed by atoms with Gasteiger partial charge in [0.05, 0.1) is 0 Å². The van der Waals surface area contributed by atoms with E-state index in [9.17, 15) is 4.79 Å². The second kappa shape index (κ2) is 7.99. The molecule has 1 aliphatic carbocycles. The fraction of sp³-hybridized carbons (Fsp3) is 0.938. The Balaban J connectivity index is 1.61. The Morgan fingerprint density at radius 3 is 2.65 bits per heavy atom. The van der Waals surface area contributed by atoms with Crippen LogP contribution in [-0.2, 0) is 4.79 Å². The highest BCUT2D eigenvalue weighted by Crippen LogP contribution is 2.25. The van der Waals surface area contributed by atoms with Crippen molar-refractivity contribution in [3.05, 3.63) is 0 Å². The van der Waals surface area contributed by atoms with Gasteiger partial charge in [0, 0.05) is 25.6 Å². The van der Waals surface area contributed by atoms with Crippen molar-refractivity contribution in [3.8, 4) is 0 Å². The Bertz CT molecular complexity index is 302. The van der Waals surface area contributed by atoms with Crippen LogP contribution in [0.1, 0.15) is 51.9 Å². The number of carbonyl (C=O) groups is 1. The molecule has 3 atom stereocenters. The molecule has 3 unspecified atom stereocenters. The zero-order valence-electron chi connectivity index (χ0n) is 12.9. The molecule has 4 nitrogen and oxygen atoms in total. The largest absolute Gasteiger partial charge is 0.356 e.